The Balaban J connectivity index is 2.57. The monoisotopic (exact) mass is 191 g/mol. The molecule has 0 radical (unpaired) electrons. The molecule has 0 atom stereocenters. The average molecular weight is 191 g/mol. The Morgan fingerprint density at radius 2 is 2.14 bits per heavy atom. The highest BCUT2D eigenvalue weighted by Gasteiger charge is 2.05. The molecule has 2 rings (SSSR count). The number of hydrogen-bond acceptors (Lipinski definition) is 2. The van der Waals surface area contributed by atoms with E-state index in [0.717, 1.165) is 11.4 Å². The van der Waals surface area contributed by atoms with Crippen LogP contribution in [0.2, 0.25) is 0 Å². The maximum atomic E-state index is 13.0. The van der Waals surface area contributed by atoms with Crippen molar-refractivity contribution >= 4 is 0 Å². The predicted molar refractivity (Wildman–Crippen MR) is 51.1 cm³/mol. The molecule has 0 amide bonds. The molecular weight excluding hydrogens is 181 g/mol. The third-order valence-electron chi connectivity index (χ3n) is 2.00. The van der Waals surface area contributed by atoms with Crippen LogP contribution in [0.15, 0.2) is 24.5 Å². The molecule has 2 heterocycles. The summed E-state index contributed by atoms with van der Waals surface area (Å²) < 4.78 is 14.8. The molecule has 4 heteroatoms. The Hall–Kier alpha value is -1.71. The summed E-state index contributed by atoms with van der Waals surface area (Å²) in [7, 11) is 1.87. The van der Waals surface area contributed by atoms with Crippen LogP contribution in [-0.4, -0.2) is 14.5 Å². The SMILES string of the molecule is Cc1cc(-c2nccn2C)cc(F)n1. The Morgan fingerprint density at radius 1 is 1.36 bits per heavy atom. The summed E-state index contributed by atoms with van der Waals surface area (Å²) in [6.45, 7) is 1.76. The lowest BCUT2D eigenvalue weighted by Crippen LogP contribution is -1.94. The van der Waals surface area contributed by atoms with Crippen LogP contribution in [0, 0.1) is 12.9 Å². The first kappa shape index (κ1) is 8.87. The Bertz CT molecular complexity index is 442. The number of pyridine rings is 1. The topological polar surface area (TPSA) is 30.7 Å². The van der Waals surface area contributed by atoms with E-state index < -0.39 is 5.95 Å². The Labute approximate surface area is 81.2 Å². The fourth-order valence-electron chi connectivity index (χ4n) is 1.40. The molecule has 2 aromatic heterocycles. The third kappa shape index (κ3) is 1.51. The second kappa shape index (κ2) is 3.21. The van der Waals surface area contributed by atoms with Gasteiger partial charge < -0.3 is 4.57 Å². The number of imidazole rings is 1. The van der Waals surface area contributed by atoms with Crippen molar-refractivity contribution in [3.8, 4) is 11.4 Å². The summed E-state index contributed by atoms with van der Waals surface area (Å²) >= 11 is 0. The lowest BCUT2D eigenvalue weighted by atomic mass is 10.2. The van der Waals surface area contributed by atoms with Crippen LogP contribution < -0.4 is 0 Å². The van der Waals surface area contributed by atoms with Gasteiger partial charge in [0.2, 0.25) is 5.95 Å². The van der Waals surface area contributed by atoms with Crippen molar-refractivity contribution in [1.82, 2.24) is 14.5 Å². The summed E-state index contributed by atoms with van der Waals surface area (Å²) in [6.07, 6.45) is 3.51. The fraction of sp³-hybridized carbons (Fsp3) is 0.200. The molecule has 0 aromatic carbocycles. The molecule has 0 aliphatic carbocycles. The fourth-order valence-corrected chi connectivity index (χ4v) is 1.40. The van der Waals surface area contributed by atoms with Gasteiger partial charge in [0.05, 0.1) is 0 Å². The average Bonchev–Trinajstić information content (AvgIpc) is 2.49. The number of hydrogen-bond donors (Lipinski definition) is 0. The van der Waals surface area contributed by atoms with Gasteiger partial charge in [-0.05, 0) is 13.0 Å². The Morgan fingerprint density at radius 3 is 2.71 bits per heavy atom. The van der Waals surface area contributed by atoms with Gasteiger partial charge in [-0.25, -0.2) is 9.97 Å². The summed E-state index contributed by atoms with van der Waals surface area (Å²) in [4.78, 5) is 7.81. The number of nitrogens with zero attached hydrogens (tertiary/aromatic N) is 3. The van der Waals surface area contributed by atoms with Crippen molar-refractivity contribution < 1.29 is 4.39 Å². The van der Waals surface area contributed by atoms with Gasteiger partial charge in [0.15, 0.2) is 0 Å². The largest absolute Gasteiger partial charge is 0.334 e. The van der Waals surface area contributed by atoms with E-state index in [1.54, 1.807) is 13.1 Å². The molecule has 0 saturated carbocycles. The molecule has 2 aromatic rings. The van der Waals surface area contributed by atoms with Crippen molar-refractivity contribution in [3.63, 3.8) is 0 Å². The van der Waals surface area contributed by atoms with Gasteiger partial charge in [-0.3, -0.25) is 0 Å². The van der Waals surface area contributed by atoms with Gasteiger partial charge in [-0.1, -0.05) is 0 Å². The highest BCUT2D eigenvalue weighted by Crippen LogP contribution is 2.17. The molecule has 0 bridgehead atoms. The van der Waals surface area contributed by atoms with E-state index in [4.69, 9.17) is 0 Å². The summed E-state index contributed by atoms with van der Waals surface area (Å²) in [5, 5.41) is 0. The highest BCUT2D eigenvalue weighted by atomic mass is 19.1. The zero-order chi connectivity index (χ0) is 10.1. The zero-order valence-electron chi connectivity index (χ0n) is 8.03. The van der Waals surface area contributed by atoms with Gasteiger partial charge in [0, 0.05) is 36.8 Å². The van der Waals surface area contributed by atoms with Gasteiger partial charge in [-0.15, -0.1) is 0 Å². The van der Waals surface area contributed by atoms with Gasteiger partial charge >= 0.3 is 0 Å². The smallest absolute Gasteiger partial charge is 0.213 e. The van der Waals surface area contributed by atoms with Crippen molar-refractivity contribution in [1.29, 1.82) is 0 Å². The molecule has 14 heavy (non-hydrogen) atoms. The van der Waals surface area contributed by atoms with Crippen LogP contribution >= 0.6 is 0 Å². The highest BCUT2D eigenvalue weighted by molar-refractivity contribution is 5.55. The molecule has 0 aliphatic heterocycles. The molecule has 3 nitrogen and oxygen atoms in total. The van der Waals surface area contributed by atoms with E-state index in [2.05, 4.69) is 9.97 Å². The minimum absolute atomic E-state index is 0.469. The van der Waals surface area contributed by atoms with Crippen LogP contribution in [0.4, 0.5) is 4.39 Å². The standard InChI is InChI=1S/C10H10FN3/c1-7-5-8(6-9(11)13-7)10-12-3-4-14(10)2/h3-6H,1-2H3. The molecule has 0 saturated heterocycles. The molecule has 0 N–H and O–H groups in total. The maximum Gasteiger partial charge on any atom is 0.213 e. The number of aryl methyl sites for hydroxylation is 2. The van der Waals surface area contributed by atoms with E-state index in [1.165, 1.54) is 6.07 Å². The maximum absolute atomic E-state index is 13.0. The van der Waals surface area contributed by atoms with Gasteiger partial charge in [0.1, 0.15) is 5.82 Å². The van der Waals surface area contributed by atoms with E-state index in [9.17, 15) is 4.39 Å². The van der Waals surface area contributed by atoms with Gasteiger partial charge in [-0.2, -0.15) is 4.39 Å². The van der Waals surface area contributed by atoms with Crippen molar-refractivity contribution in [2.75, 3.05) is 0 Å². The second-order valence-electron chi connectivity index (χ2n) is 3.18. The summed E-state index contributed by atoms with van der Waals surface area (Å²) in [5.41, 5.74) is 1.41. The third-order valence-corrected chi connectivity index (χ3v) is 2.00. The van der Waals surface area contributed by atoms with Gasteiger partial charge in [0.25, 0.3) is 0 Å². The van der Waals surface area contributed by atoms with E-state index >= 15 is 0 Å². The summed E-state index contributed by atoms with van der Waals surface area (Å²) in [5.74, 6) is 0.275. The minimum atomic E-state index is -0.469. The second-order valence-corrected chi connectivity index (χ2v) is 3.18. The lowest BCUT2D eigenvalue weighted by Gasteiger charge is -2.02. The number of rotatable bonds is 1. The van der Waals surface area contributed by atoms with Crippen molar-refractivity contribution in [2.24, 2.45) is 7.05 Å². The molecule has 0 fully saturated rings. The van der Waals surface area contributed by atoms with Crippen molar-refractivity contribution in [3.05, 3.63) is 36.2 Å². The van der Waals surface area contributed by atoms with Crippen LogP contribution in [0.5, 0.6) is 0 Å². The zero-order valence-corrected chi connectivity index (χ0v) is 8.03. The van der Waals surface area contributed by atoms with Crippen LogP contribution in [-0.2, 0) is 7.05 Å². The van der Waals surface area contributed by atoms with Crippen molar-refractivity contribution in [2.45, 2.75) is 6.92 Å². The first-order valence-electron chi connectivity index (χ1n) is 4.29. The predicted octanol–water partition coefficient (Wildman–Crippen LogP) is 1.93. The summed E-state index contributed by atoms with van der Waals surface area (Å²) in [6, 6.07) is 3.20. The van der Waals surface area contributed by atoms with E-state index in [1.807, 2.05) is 23.9 Å². The number of aromatic nitrogens is 3. The molecule has 0 unspecified atom stereocenters. The van der Waals surface area contributed by atoms with E-state index in [0.29, 0.717) is 5.69 Å². The van der Waals surface area contributed by atoms with Crippen LogP contribution in [0.1, 0.15) is 5.69 Å². The molecular formula is C10H10FN3. The first-order chi connectivity index (χ1) is 6.66. The molecule has 0 spiro atoms. The molecule has 0 aliphatic rings. The molecule has 72 valence electrons. The lowest BCUT2D eigenvalue weighted by molar-refractivity contribution is 0.580. The normalized spacial score (nSPS) is 10.5. The van der Waals surface area contributed by atoms with Crippen LogP contribution in [0.25, 0.3) is 11.4 Å². The van der Waals surface area contributed by atoms with Crippen LogP contribution in [0.3, 0.4) is 0 Å². The minimum Gasteiger partial charge on any atom is -0.334 e. The quantitative estimate of drug-likeness (QED) is 0.645. The Kier molecular flexibility index (Phi) is 2.04. The first-order valence-corrected chi connectivity index (χ1v) is 4.29. The number of halogens is 1. The van der Waals surface area contributed by atoms with E-state index in [-0.39, 0.29) is 0 Å².